The van der Waals surface area contributed by atoms with Gasteiger partial charge in [0.15, 0.2) is 0 Å². The van der Waals surface area contributed by atoms with Crippen molar-refractivity contribution in [2.24, 2.45) is 0 Å². The lowest BCUT2D eigenvalue weighted by Gasteiger charge is -2.09. The summed E-state index contributed by atoms with van der Waals surface area (Å²) < 4.78 is 32.4. The molecule has 3 aromatic carbocycles. The van der Waals surface area contributed by atoms with Gasteiger partial charge in [0.25, 0.3) is 16.0 Å². The molecular weight excluding hydrogens is 344 g/mol. The second kappa shape index (κ2) is 6.08. The number of anilines is 2. The third-order valence-corrected chi connectivity index (χ3v) is 4.50. The van der Waals surface area contributed by atoms with E-state index >= 15 is 0 Å². The SMILES string of the molecule is Nc1ccc(C(=O)Nc2ccc3cc(O)cc(S(=O)(=O)O)c3c2)cc1. The molecule has 0 aliphatic carbocycles. The first-order valence-corrected chi connectivity index (χ1v) is 8.59. The van der Waals surface area contributed by atoms with E-state index in [2.05, 4.69) is 5.32 Å². The Hall–Kier alpha value is -3.10. The van der Waals surface area contributed by atoms with Crippen LogP contribution < -0.4 is 11.1 Å². The third-order valence-electron chi connectivity index (χ3n) is 3.61. The number of amides is 1. The smallest absolute Gasteiger partial charge is 0.295 e. The number of rotatable bonds is 3. The maximum Gasteiger partial charge on any atom is 0.295 e. The average molecular weight is 358 g/mol. The summed E-state index contributed by atoms with van der Waals surface area (Å²) >= 11 is 0. The van der Waals surface area contributed by atoms with E-state index in [4.69, 9.17) is 5.73 Å². The zero-order valence-electron chi connectivity index (χ0n) is 12.8. The lowest BCUT2D eigenvalue weighted by molar-refractivity contribution is 0.102. The van der Waals surface area contributed by atoms with Crippen molar-refractivity contribution in [2.45, 2.75) is 4.90 Å². The number of benzene rings is 3. The summed E-state index contributed by atoms with van der Waals surface area (Å²) in [5.41, 5.74) is 6.83. The Balaban J connectivity index is 2.02. The van der Waals surface area contributed by atoms with Crippen molar-refractivity contribution < 1.29 is 22.9 Å². The molecule has 7 nitrogen and oxygen atoms in total. The van der Waals surface area contributed by atoms with E-state index < -0.39 is 20.9 Å². The number of fused-ring (bicyclic) bond motifs is 1. The number of nitrogens with two attached hydrogens (primary N) is 1. The number of phenolic OH excluding ortho intramolecular Hbond substituents is 1. The predicted octanol–water partition coefficient (Wildman–Crippen LogP) is 2.63. The van der Waals surface area contributed by atoms with Crippen molar-refractivity contribution in [3.8, 4) is 5.75 Å². The van der Waals surface area contributed by atoms with Crippen molar-refractivity contribution in [3.63, 3.8) is 0 Å². The number of hydrogen-bond donors (Lipinski definition) is 4. The fourth-order valence-electron chi connectivity index (χ4n) is 2.44. The molecule has 0 saturated carbocycles. The molecule has 8 heteroatoms. The maximum absolute atomic E-state index is 12.2. The Kier molecular flexibility index (Phi) is 4.07. The maximum atomic E-state index is 12.2. The van der Waals surface area contributed by atoms with Gasteiger partial charge >= 0.3 is 0 Å². The van der Waals surface area contributed by atoms with Crippen LogP contribution in [0, 0.1) is 0 Å². The highest BCUT2D eigenvalue weighted by Crippen LogP contribution is 2.30. The molecule has 0 fully saturated rings. The Labute approximate surface area is 143 Å². The van der Waals surface area contributed by atoms with Gasteiger partial charge < -0.3 is 16.2 Å². The average Bonchev–Trinajstić information content (AvgIpc) is 2.54. The molecule has 25 heavy (non-hydrogen) atoms. The van der Waals surface area contributed by atoms with Crippen LogP contribution in [0.4, 0.5) is 11.4 Å². The monoisotopic (exact) mass is 358 g/mol. The molecule has 0 heterocycles. The standard InChI is InChI=1S/C17H14N2O5S/c18-12-4-1-10(2-5-12)17(21)19-13-6-3-11-7-14(20)9-16(15(11)8-13)25(22,23)24/h1-9,20H,18H2,(H,19,21)(H,22,23,24). The van der Waals surface area contributed by atoms with E-state index in [1.165, 1.54) is 18.2 Å². The number of carbonyl (C=O) groups excluding carboxylic acids is 1. The zero-order valence-corrected chi connectivity index (χ0v) is 13.6. The van der Waals surface area contributed by atoms with Crippen LogP contribution in [0.25, 0.3) is 10.8 Å². The predicted molar refractivity (Wildman–Crippen MR) is 94.2 cm³/mol. The molecule has 0 aliphatic heterocycles. The van der Waals surface area contributed by atoms with Crippen LogP contribution in [0.15, 0.2) is 59.5 Å². The summed E-state index contributed by atoms with van der Waals surface area (Å²) in [6.07, 6.45) is 0. The van der Waals surface area contributed by atoms with E-state index in [0.29, 0.717) is 22.3 Å². The van der Waals surface area contributed by atoms with Crippen molar-refractivity contribution >= 4 is 38.2 Å². The van der Waals surface area contributed by atoms with Crippen LogP contribution in [0.2, 0.25) is 0 Å². The molecule has 0 aliphatic rings. The van der Waals surface area contributed by atoms with Gasteiger partial charge in [-0.05, 0) is 47.9 Å². The molecule has 0 saturated heterocycles. The van der Waals surface area contributed by atoms with Crippen molar-refractivity contribution in [2.75, 3.05) is 11.1 Å². The number of nitrogen functional groups attached to an aromatic ring is 1. The molecule has 1 amide bonds. The molecule has 0 radical (unpaired) electrons. The van der Waals surface area contributed by atoms with Gasteiger partial charge in [0.2, 0.25) is 0 Å². The van der Waals surface area contributed by atoms with Gasteiger partial charge in [-0.2, -0.15) is 8.42 Å². The van der Waals surface area contributed by atoms with Gasteiger partial charge in [0.1, 0.15) is 10.6 Å². The van der Waals surface area contributed by atoms with Crippen LogP contribution in [-0.2, 0) is 10.1 Å². The highest BCUT2D eigenvalue weighted by molar-refractivity contribution is 7.86. The van der Waals surface area contributed by atoms with Gasteiger partial charge in [-0.15, -0.1) is 0 Å². The second-order valence-corrected chi connectivity index (χ2v) is 6.82. The fourth-order valence-corrected chi connectivity index (χ4v) is 3.16. The van der Waals surface area contributed by atoms with E-state index in [1.54, 1.807) is 30.3 Å². The number of nitrogens with one attached hydrogen (secondary N) is 1. The number of carbonyl (C=O) groups is 1. The van der Waals surface area contributed by atoms with Crippen LogP contribution in [-0.4, -0.2) is 24.0 Å². The molecule has 0 unspecified atom stereocenters. The minimum absolute atomic E-state index is 0.176. The molecule has 3 rings (SSSR count). The van der Waals surface area contributed by atoms with Crippen molar-refractivity contribution in [1.29, 1.82) is 0 Å². The van der Waals surface area contributed by atoms with Gasteiger partial charge in [0, 0.05) is 28.4 Å². The van der Waals surface area contributed by atoms with E-state index in [0.717, 1.165) is 6.07 Å². The summed E-state index contributed by atoms with van der Waals surface area (Å²) in [6, 6.07) is 13.1. The third kappa shape index (κ3) is 3.54. The molecule has 0 atom stereocenters. The Morgan fingerprint density at radius 2 is 1.68 bits per heavy atom. The minimum atomic E-state index is -4.54. The normalized spacial score (nSPS) is 11.4. The topological polar surface area (TPSA) is 130 Å². The summed E-state index contributed by atoms with van der Waals surface area (Å²) in [5.74, 6) is -0.690. The highest BCUT2D eigenvalue weighted by atomic mass is 32.2. The van der Waals surface area contributed by atoms with Crippen LogP contribution in [0.3, 0.4) is 0 Å². The highest BCUT2D eigenvalue weighted by Gasteiger charge is 2.16. The summed E-state index contributed by atoms with van der Waals surface area (Å²) in [5, 5.41) is 12.8. The van der Waals surface area contributed by atoms with Crippen molar-refractivity contribution in [1.82, 2.24) is 0 Å². The second-order valence-electron chi connectivity index (χ2n) is 5.43. The first-order chi connectivity index (χ1) is 11.7. The molecule has 5 N–H and O–H groups in total. The molecule has 0 bridgehead atoms. The zero-order chi connectivity index (χ0) is 18.2. The fraction of sp³-hybridized carbons (Fsp3) is 0. The van der Waals surface area contributed by atoms with Crippen LogP contribution in [0.5, 0.6) is 5.75 Å². The molecule has 0 spiro atoms. The van der Waals surface area contributed by atoms with Gasteiger partial charge in [-0.1, -0.05) is 6.07 Å². The quantitative estimate of drug-likeness (QED) is 0.421. The first kappa shape index (κ1) is 16.7. The lowest BCUT2D eigenvalue weighted by atomic mass is 10.1. The van der Waals surface area contributed by atoms with Crippen LogP contribution >= 0.6 is 0 Å². The van der Waals surface area contributed by atoms with E-state index in [1.807, 2.05) is 0 Å². The summed E-state index contributed by atoms with van der Waals surface area (Å²) in [7, 11) is -4.54. The number of aromatic hydroxyl groups is 1. The van der Waals surface area contributed by atoms with E-state index in [-0.39, 0.29) is 11.1 Å². The number of hydrogen-bond acceptors (Lipinski definition) is 5. The molecule has 3 aromatic rings. The van der Waals surface area contributed by atoms with Gasteiger partial charge in [0.05, 0.1) is 0 Å². The molecule has 128 valence electrons. The van der Waals surface area contributed by atoms with Crippen molar-refractivity contribution in [3.05, 3.63) is 60.2 Å². The largest absolute Gasteiger partial charge is 0.508 e. The summed E-state index contributed by atoms with van der Waals surface area (Å²) in [6.45, 7) is 0. The summed E-state index contributed by atoms with van der Waals surface area (Å²) in [4.78, 5) is 11.8. The first-order valence-electron chi connectivity index (χ1n) is 7.15. The minimum Gasteiger partial charge on any atom is -0.508 e. The molecule has 0 aromatic heterocycles. The Morgan fingerprint density at radius 1 is 1.00 bits per heavy atom. The lowest BCUT2D eigenvalue weighted by Crippen LogP contribution is -2.12. The Bertz CT molecular complexity index is 1080. The Morgan fingerprint density at radius 3 is 2.32 bits per heavy atom. The number of phenols is 1. The van der Waals surface area contributed by atoms with Gasteiger partial charge in [-0.3, -0.25) is 9.35 Å². The van der Waals surface area contributed by atoms with Crippen LogP contribution in [0.1, 0.15) is 10.4 Å². The van der Waals surface area contributed by atoms with E-state index in [9.17, 15) is 22.9 Å². The van der Waals surface area contributed by atoms with Gasteiger partial charge in [-0.25, -0.2) is 0 Å². The molecular formula is C17H14N2O5S.